The van der Waals surface area contributed by atoms with Gasteiger partial charge in [-0.05, 0) is 30.9 Å². The highest BCUT2D eigenvalue weighted by atomic mass is 32.2. The van der Waals surface area contributed by atoms with E-state index in [0.717, 1.165) is 5.69 Å². The van der Waals surface area contributed by atoms with Crippen LogP contribution in [0.4, 0.5) is 4.79 Å². The Bertz CT molecular complexity index is 1080. The second-order valence-corrected chi connectivity index (χ2v) is 11.0. The van der Waals surface area contributed by atoms with E-state index in [1.54, 1.807) is 6.20 Å². The third-order valence-electron chi connectivity index (χ3n) is 6.38. The van der Waals surface area contributed by atoms with Crippen LogP contribution in [0.2, 0.25) is 0 Å². The van der Waals surface area contributed by atoms with Gasteiger partial charge in [-0.1, -0.05) is 20.8 Å². The van der Waals surface area contributed by atoms with Crippen molar-refractivity contribution in [2.24, 2.45) is 11.3 Å². The third kappa shape index (κ3) is 6.48. The van der Waals surface area contributed by atoms with Gasteiger partial charge in [0.1, 0.15) is 18.2 Å². The Morgan fingerprint density at radius 2 is 1.92 bits per heavy atom. The van der Waals surface area contributed by atoms with Crippen LogP contribution in [0.1, 0.15) is 44.9 Å². The Labute approximate surface area is 213 Å². The quantitative estimate of drug-likeness (QED) is 0.601. The molecule has 36 heavy (non-hydrogen) atoms. The molecule has 0 unspecified atom stereocenters. The van der Waals surface area contributed by atoms with Crippen LogP contribution in [0, 0.1) is 18.3 Å². The summed E-state index contributed by atoms with van der Waals surface area (Å²) in [5.74, 6) is 1.39. The number of likely N-dealkylation sites (tertiary alicyclic amines) is 1. The molecule has 2 aliphatic heterocycles. The maximum Gasteiger partial charge on any atom is 0.407 e. The summed E-state index contributed by atoms with van der Waals surface area (Å²) in [6, 6.07) is 3.51. The van der Waals surface area contributed by atoms with Crippen LogP contribution < -0.4 is 9.47 Å². The molecule has 1 N–H and O–H groups in total. The molecule has 0 radical (unpaired) electrons. The number of rotatable bonds is 6. The summed E-state index contributed by atoms with van der Waals surface area (Å²) in [4.78, 5) is 26.2. The fourth-order valence-electron chi connectivity index (χ4n) is 4.39. The normalized spacial score (nSPS) is 24.8. The van der Waals surface area contributed by atoms with Gasteiger partial charge in [0, 0.05) is 37.0 Å². The number of piperidine rings is 1. The molecule has 1 amide bonds. The Morgan fingerprint density at radius 1 is 1.19 bits per heavy atom. The summed E-state index contributed by atoms with van der Waals surface area (Å²) >= 11 is -1.65. The minimum atomic E-state index is -1.65. The molecular weight excluding hydrogens is 488 g/mol. The molecule has 2 atom stereocenters. The van der Waals surface area contributed by atoms with E-state index in [2.05, 4.69) is 15.0 Å². The molecule has 0 spiro atoms. The van der Waals surface area contributed by atoms with Gasteiger partial charge < -0.3 is 19.5 Å². The predicted octanol–water partition coefficient (Wildman–Crippen LogP) is 3.69. The lowest BCUT2D eigenvalue weighted by atomic mass is 9.80. The number of carboxylic acid groups (broad SMARTS) is 1. The van der Waals surface area contributed by atoms with Crippen molar-refractivity contribution in [1.82, 2.24) is 19.9 Å². The van der Waals surface area contributed by atoms with Gasteiger partial charge in [0.25, 0.3) is 0 Å². The molecule has 2 aliphatic rings. The van der Waals surface area contributed by atoms with Crippen molar-refractivity contribution in [2.75, 3.05) is 19.8 Å². The highest BCUT2D eigenvalue weighted by Crippen LogP contribution is 2.35. The highest BCUT2D eigenvalue weighted by molar-refractivity contribution is 7.75. The molecule has 0 saturated carbocycles. The minimum Gasteiger partial charge on any atom is -0.474 e. The van der Waals surface area contributed by atoms with Crippen LogP contribution in [0.25, 0.3) is 0 Å². The number of nitrogens with zero attached hydrogens (tertiary/aromatic N) is 4. The topological polar surface area (TPSA) is 133 Å². The second-order valence-electron chi connectivity index (χ2n) is 10.2. The van der Waals surface area contributed by atoms with E-state index < -0.39 is 17.5 Å². The van der Waals surface area contributed by atoms with E-state index in [-0.39, 0.29) is 23.5 Å². The largest absolute Gasteiger partial charge is 0.474 e. The Morgan fingerprint density at radius 3 is 2.56 bits per heavy atom. The van der Waals surface area contributed by atoms with Gasteiger partial charge in [-0.15, -0.1) is 0 Å². The maximum atomic E-state index is 11.7. The number of carbonyl (C=O) groups is 1. The number of ether oxygens (including phenoxy) is 2. The third-order valence-corrected chi connectivity index (χ3v) is 7.04. The van der Waals surface area contributed by atoms with E-state index in [0.29, 0.717) is 62.1 Å². The molecule has 196 valence electrons. The van der Waals surface area contributed by atoms with Gasteiger partial charge in [0.05, 0.1) is 25.0 Å². The van der Waals surface area contributed by atoms with Gasteiger partial charge in [-0.3, -0.25) is 13.4 Å². The maximum absolute atomic E-state index is 11.7. The molecule has 12 heteroatoms. The molecular formula is C24H32N4O7S. The molecule has 0 aliphatic carbocycles. The average Bonchev–Trinajstić information content (AvgIpc) is 2.83. The molecule has 11 nitrogen and oxygen atoms in total. The van der Waals surface area contributed by atoms with E-state index in [9.17, 15) is 14.1 Å². The molecule has 4 heterocycles. The zero-order valence-electron chi connectivity index (χ0n) is 20.9. The Hall–Kier alpha value is -2.83. The summed E-state index contributed by atoms with van der Waals surface area (Å²) in [5.41, 5.74) is 1.28. The molecule has 4 rings (SSSR count). The van der Waals surface area contributed by atoms with Crippen LogP contribution in [0.15, 0.2) is 24.7 Å². The van der Waals surface area contributed by atoms with Crippen molar-refractivity contribution >= 4 is 17.5 Å². The van der Waals surface area contributed by atoms with Crippen LogP contribution in [0.5, 0.6) is 17.5 Å². The molecule has 2 aromatic heterocycles. The molecule has 2 fully saturated rings. The fraction of sp³-hybridized carbons (Fsp3) is 0.583. The molecule has 2 aromatic rings. The van der Waals surface area contributed by atoms with Crippen molar-refractivity contribution in [3.63, 3.8) is 0 Å². The molecule has 2 saturated heterocycles. The minimum absolute atomic E-state index is 0.0889. The molecule has 0 bridgehead atoms. The lowest BCUT2D eigenvalue weighted by Crippen LogP contribution is -2.53. The van der Waals surface area contributed by atoms with E-state index >= 15 is 0 Å². The molecule has 0 aromatic carbocycles. The first-order valence-corrected chi connectivity index (χ1v) is 12.9. The Kier molecular flexibility index (Phi) is 8.06. The smallest absolute Gasteiger partial charge is 0.407 e. The summed E-state index contributed by atoms with van der Waals surface area (Å²) in [6.45, 7) is 9.07. The summed E-state index contributed by atoms with van der Waals surface area (Å²) in [7, 11) is 0. The first kappa shape index (κ1) is 26.2. The summed E-state index contributed by atoms with van der Waals surface area (Å²) in [5, 5.41) is 9.60. The van der Waals surface area contributed by atoms with E-state index in [4.69, 9.17) is 17.8 Å². The van der Waals surface area contributed by atoms with E-state index in [1.165, 1.54) is 11.2 Å². The predicted molar refractivity (Wildman–Crippen MR) is 130 cm³/mol. The lowest BCUT2D eigenvalue weighted by Gasteiger charge is -2.44. The number of amides is 1. The lowest BCUT2D eigenvalue weighted by molar-refractivity contribution is 0.0113. The number of pyridine rings is 1. The van der Waals surface area contributed by atoms with Gasteiger partial charge in [-0.25, -0.2) is 14.8 Å². The van der Waals surface area contributed by atoms with Crippen LogP contribution in [-0.4, -0.2) is 67.2 Å². The van der Waals surface area contributed by atoms with Crippen molar-refractivity contribution in [3.05, 3.63) is 35.9 Å². The zero-order chi connectivity index (χ0) is 25.9. The number of hydrogen-bond donors (Lipinski definition) is 1. The second kappa shape index (κ2) is 11.1. The van der Waals surface area contributed by atoms with Crippen LogP contribution >= 0.6 is 0 Å². The first-order valence-electron chi connectivity index (χ1n) is 11.9. The highest BCUT2D eigenvalue weighted by Gasteiger charge is 2.39. The monoisotopic (exact) mass is 520 g/mol. The van der Waals surface area contributed by atoms with Crippen molar-refractivity contribution in [3.8, 4) is 17.5 Å². The van der Waals surface area contributed by atoms with Gasteiger partial charge in [0.15, 0.2) is 0 Å². The SMILES string of the molecule is Cc1c(Oc2ccc(CC3COS(=O)OC3)nc2)ncnc1O[C@H]1CCN(C(=O)O)[C@H](C(C)(C)C)C1. The first-order chi connectivity index (χ1) is 17.1. The van der Waals surface area contributed by atoms with Gasteiger partial charge in [-0.2, -0.15) is 4.21 Å². The van der Waals surface area contributed by atoms with Crippen molar-refractivity contribution < 1.29 is 31.9 Å². The Balaban J connectivity index is 1.39. The number of hydrogen-bond acceptors (Lipinski definition) is 9. The van der Waals surface area contributed by atoms with Gasteiger partial charge in [0.2, 0.25) is 11.8 Å². The van der Waals surface area contributed by atoms with Crippen molar-refractivity contribution in [1.29, 1.82) is 0 Å². The van der Waals surface area contributed by atoms with E-state index in [1.807, 2.05) is 39.8 Å². The van der Waals surface area contributed by atoms with Gasteiger partial charge >= 0.3 is 17.5 Å². The van der Waals surface area contributed by atoms with Crippen molar-refractivity contribution in [2.45, 2.75) is 59.1 Å². The summed E-state index contributed by atoms with van der Waals surface area (Å²) < 4.78 is 33.3. The van der Waals surface area contributed by atoms with Crippen LogP contribution in [-0.2, 0) is 26.1 Å². The fourth-order valence-corrected chi connectivity index (χ4v) is 5.07. The average molecular weight is 521 g/mol. The standard InChI is InChI=1S/C24H32N4O7S/c1-15-21(34-18-7-8-28(23(29)30)20(10-18)24(2,3)4)26-14-27-22(15)35-19-6-5-17(25-11-19)9-16-12-32-36(31)33-13-16/h5-6,11,14,16,18,20H,7-10,12-13H2,1-4H3,(H,29,30)/t16?,18-,20-,36?/m0/s1. The van der Waals surface area contributed by atoms with Crippen LogP contribution in [0.3, 0.4) is 0 Å². The summed E-state index contributed by atoms with van der Waals surface area (Å²) in [6.07, 6.45) is 3.73. The zero-order valence-corrected chi connectivity index (χ0v) is 21.7. The number of aromatic nitrogens is 3.